The van der Waals surface area contributed by atoms with E-state index in [0.717, 1.165) is 11.3 Å². The highest BCUT2D eigenvalue weighted by Gasteiger charge is 2.43. The molecule has 2 aromatic rings. The van der Waals surface area contributed by atoms with Crippen LogP contribution in [0.2, 0.25) is 0 Å². The van der Waals surface area contributed by atoms with Crippen LogP contribution in [-0.4, -0.2) is 25.7 Å². The SMILES string of the molecule is CCOc1ccc(NC(=O)C2(c3ccccc3F)CCOCC2)cc1C. The van der Waals surface area contributed by atoms with Gasteiger partial charge in [0.15, 0.2) is 0 Å². The van der Waals surface area contributed by atoms with Gasteiger partial charge in [-0.15, -0.1) is 0 Å². The lowest BCUT2D eigenvalue weighted by Gasteiger charge is -2.36. The number of anilines is 1. The summed E-state index contributed by atoms with van der Waals surface area (Å²) in [6.07, 6.45) is 0.908. The average Bonchev–Trinajstić information content (AvgIpc) is 2.65. The third kappa shape index (κ3) is 3.58. The number of aryl methyl sites for hydroxylation is 1. The monoisotopic (exact) mass is 357 g/mol. The van der Waals surface area contributed by atoms with Crippen LogP contribution in [0.1, 0.15) is 30.9 Å². The van der Waals surface area contributed by atoms with E-state index in [4.69, 9.17) is 9.47 Å². The number of benzene rings is 2. The second-order valence-electron chi connectivity index (χ2n) is 6.54. The van der Waals surface area contributed by atoms with E-state index in [9.17, 15) is 9.18 Å². The summed E-state index contributed by atoms with van der Waals surface area (Å²) in [6.45, 7) is 5.32. The molecule has 1 heterocycles. The van der Waals surface area contributed by atoms with Crippen LogP contribution in [0, 0.1) is 12.7 Å². The van der Waals surface area contributed by atoms with Crippen LogP contribution in [-0.2, 0) is 14.9 Å². The molecule has 0 unspecified atom stereocenters. The Morgan fingerprint density at radius 2 is 1.96 bits per heavy atom. The first-order valence-corrected chi connectivity index (χ1v) is 8.94. The molecule has 138 valence electrons. The Morgan fingerprint density at radius 1 is 1.23 bits per heavy atom. The van der Waals surface area contributed by atoms with Crippen molar-refractivity contribution in [3.63, 3.8) is 0 Å². The molecule has 1 aliphatic heterocycles. The molecule has 0 saturated carbocycles. The lowest BCUT2D eigenvalue weighted by atomic mass is 9.73. The summed E-state index contributed by atoms with van der Waals surface area (Å²) in [5.41, 5.74) is 1.13. The molecule has 0 aromatic heterocycles. The molecule has 0 aliphatic carbocycles. The van der Waals surface area contributed by atoms with E-state index in [1.54, 1.807) is 18.2 Å². The summed E-state index contributed by atoms with van der Waals surface area (Å²) >= 11 is 0. The Hall–Kier alpha value is -2.40. The fourth-order valence-corrected chi connectivity index (χ4v) is 3.48. The molecule has 4 nitrogen and oxygen atoms in total. The van der Waals surface area contributed by atoms with Gasteiger partial charge >= 0.3 is 0 Å². The molecular formula is C21H24FNO3. The van der Waals surface area contributed by atoms with Gasteiger partial charge in [0.2, 0.25) is 5.91 Å². The Kier molecular flexibility index (Phi) is 5.57. The van der Waals surface area contributed by atoms with Crippen molar-refractivity contribution in [2.24, 2.45) is 0 Å². The Morgan fingerprint density at radius 3 is 2.62 bits per heavy atom. The molecule has 2 aromatic carbocycles. The molecule has 0 radical (unpaired) electrons. The van der Waals surface area contributed by atoms with Crippen LogP contribution in [0.15, 0.2) is 42.5 Å². The van der Waals surface area contributed by atoms with Gasteiger partial charge < -0.3 is 14.8 Å². The smallest absolute Gasteiger partial charge is 0.235 e. The number of hydrogen-bond acceptors (Lipinski definition) is 3. The first-order valence-electron chi connectivity index (χ1n) is 8.94. The highest BCUT2D eigenvalue weighted by molar-refractivity contribution is 5.99. The predicted molar refractivity (Wildman–Crippen MR) is 99.1 cm³/mol. The van der Waals surface area contributed by atoms with Crippen LogP contribution in [0.5, 0.6) is 5.75 Å². The Balaban J connectivity index is 1.90. The van der Waals surface area contributed by atoms with Crippen LogP contribution in [0.3, 0.4) is 0 Å². The van der Waals surface area contributed by atoms with E-state index in [-0.39, 0.29) is 11.7 Å². The van der Waals surface area contributed by atoms with Gasteiger partial charge in [0, 0.05) is 24.5 Å². The molecule has 1 fully saturated rings. The molecule has 1 N–H and O–H groups in total. The number of rotatable bonds is 5. The zero-order valence-electron chi connectivity index (χ0n) is 15.2. The van der Waals surface area contributed by atoms with Crippen LogP contribution in [0.4, 0.5) is 10.1 Å². The molecule has 5 heteroatoms. The largest absolute Gasteiger partial charge is 0.494 e. The second kappa shape index (κ2) is 7.87. The minimum Gasteiger partial charge on any atom is -0.494 e. The molecule has 26 heavy (non-hydrogen) atoms. The molecule has 0 bridgehead atoms. The molecule has 3 rings (SSSR count). The topological polar surface area (TPSA) is 47.6 Å². The number of carbonyl (C=O) groups is 1. The van der Waals surface area contributed by atoms with Gasteiger partial charge in [0.1, 0.15) is 11.6 Å². The minimum atomic E-state index is -0.921. The van der Waals surface area contributed by atoms with E-state index in [0.29, 0.717) is 43.9 Å². The summed E-state index contributed by atoms with van der Waals surface area (Å²) in [7, 11) is 0. The van der Waals surface area contributed by atoms with E-state index in [2.05, 4.69) is 5.32 Å². The van der Waals surface area contributed by atoms with E-state index >= 15 is 0 Å². The summed E-state index contributed by atoms with van der Waals surface area (Å²) in [5, 5.41) is 2.97. The standard InChI is InChI=1S/C21H24FNO3/c1-3-26-19-9-8-16(14-15(19)2)23-20(24)21(10-12-25-13-11-21)17-6-4-5-7-18(17)22/h4-9,14H,3,10-13H2,1-2H3,(H,23,24). The van der Waals surface area contributed by atoms with Gasteiger partial charge in [0.25, 0.3) is 0 Å². The maximum absolute atomic E-state index is 14.5. The van der Waals surface area contributed by atoms with Crippen molar-refractivity contribution < 1.29 is 18.7 Å². The van der Waals surface area contributed by atoms with Crippen LogP contribution < -0.4 is 10.1 Å². The summed E-state index contributed by atoms with van der Waals surface area (Å²) in [6, 6.07) is 12.0. The lowest BCUT2D eigenvalue weighted by Crippen LogP contribution is -2.45. The summed E-state index contributed by atoms with van der Waals surface area (Å²) < 4.78 is 25.5. The molecule has 1 amide bonds. The first-order chi connectivity index (χ1) is 12.6. The van der Waals surface area contributed by atoms with Crippen molar-refractivity contribution in [2.75, 3.05) is 25.1 Å². The van der Waals surface area contributed by atoms with Gasteiger partial charge in [-0.1, -0.05) is 18.2 Å². The molecule has 0 spiro atoms. The normalized spacial score (nSPS) is 16.1. The van der Waals surface area contributed by atoms with Crippen LogP contribution >= 0.6 is 0 Å². The van der Waals surface area contributed by atoms with Gasteiger partial charge in [-0.3, -0.25) is 4.79 Å². The lowest BCUT2D eigenvalue weighted by molar-refractivity contribution is -0.125. The molecule has 0 atom stereocenters. The maximum atomic E-state index is 14.5. The first kappa shape index (κ1) is 18.4. The van der Waals surface area contributed by atoms with Crippen LogP contribution in [0.25, 0.3) is 0 Å². The zero-order chi connectivity index (χ0) is 18.6. The number of ether oxygens (including phenoxy) is 2. The summed E-state index contributed by atoms with van der Waals surface area (Å²) in [4.78, 5) is 13.2. The van der Waals surface area contributed by atoms with E-state index < -0.39 is 5.41 Å². The number of nitrogens with one attached hydrogen (secondary N) is 1. The highest BCUT2D eigenvalue weighted by Crippen LogP contribution is 2.37. The van der Waals surface area contributed by atoms with Crippen molar-refractivity contribution in [3.8, 4) is 5.75 Å². The number of halogens is 1. The van der Waals surface area contributed by atoms with Crippen molar-refractivity contribution in [1.29, 1.82) is 0 Å². The number of amides is 1. The third-order valence-electron chi connectivity index (χ3n) is 4.90. The summed E-state index contributed by atoms with van der Waals surface area (Å²) in [5.74, 6) is 0.238. The Labute approximate surface area is 153 Å². The maximum Gasteiger partial charge on any atom is 0.235 e. The predicted octanol–water partition coefficient (Wildman–Crippen LogP) is 4.22. The third-order valence-corrected chi connectivity index (χ3v) is 4.90. The van der Waals surface area contributed by atoms with Crippen molar-refractivity contribution >= 4 is 11.6 Å². The quantitative estimate of drug-likeness (QED) is 0.872. The fraction of sp³-hybridized carbons (Fsp3) is 0.381. The second-order valence-corrected chi connectivity index (χ2v) is 6.54. The van der Waals surface area contributed by atoms with Gasteiger partial charge in [-0.05, 0) is 56.5 Å². The fourth-order valence-electron chi connectivity index (χ4n) is 3.48. The van der Waals surface area contributed by atoms with E-state index in [1.807, 2.05) is 32.0 Å². The van der Waals surface area contributed by atoms with Crippen molar-refractivity contribution in [3.05, 3.63) is 59.4 Å². The zero-order valence-corrected chi connectivity index (χ0v) is 15.2. The van der Waals surface area contributed by atoms with Gasteiger partial charge in [-0.2, -0.15) is 0 Å². The highest BCUT2D eigenvalue weighted by atomic mass is 19.1. The average molecular weight is 357 g/mol. The number of hydrogen-bond donors (Lipinski definition) is 1. The van der Waals surface area contributed by atoms with Gasteiger partial charge in [0.05, 0.1) is 12.0 Å². The van der Waals surface area contributed by atoms with Crippen molar-refractivity contribution in [1.82, 2.24) is 0 Å². The Bertz CT molecular complexity index is 785. The molecule has 1 aliphatic rings. The van der Waals surface area contributed by atoms with Crippen molar-refractivity contribution in [2.45, 2.75) is 32.1 Å². The molecular weight excluding hydrogens is 333 g/mol. The minimum absolute atomic E-state index is 0.200. The molecule has 1 saturated heterocycles. The van der Waals surface area contributed by atoms with Gasteiger partial charge in [-0.25, -0.2) is 4.39 Å². The number of carbonyl (C=O) groups excluding carboxylic acids is 1. The van der Waals surface area contributed by atoms with E-state index in [1.165, 1.54) is 6.07 Å².